The summed E-state index contributed by atoms with van der Waals surface area (Å²) < 4.78 is 7.40. The average Bonchev–Trinajstić information content (AvgIpc) is 3.29. The van der Waals surface area contributed by atoms with E-state index in [1.807, 2.05) is 22.6 Å². The van der Waals surface area contributed by atoms with Crippen LogP contribution in [0.3, 0.4) is 0 Å². The van der Waals surface area contributed by atoms with E-state index in [1.165, 1.54) is 0 Å². The molecule has 7 nitrogen and oxygen atoms in total. The Morgan fingerprint density at radius 2 is 2.29 bits per heavy atom. The lowest BCUT2D eigenvalue weighted by molar-refractivity contribution is 0.0575. The van der Waals surface area contributed by atoms with Crippen molar-refractivity contribution in [3.63, 3.8) is 0 Å². The maximum Gasteiger partial charge on any atom is 0.289 e. The van der Waals surface area contributed by atoms with Crippen molar-refractivity contribution >= 4 is 5.91 Å². The third-order valence-electron chi connectivity index (χ3n) is 5.47. The van der Waals surface area contributed by atoms with Crippen LogP contribution in [0.15, 0.2) is 29.2 Å². The second-order valence-electron chi connectivity index (χ2n) is 6.95. The Bertz CT molecular complexity index is 710. The fourth-order valence-electron chi connectivity index (χ4n) is 4.21. The van der Waals surface area contributed by atoms with Gasteiger partial charge >= 0.3 is 0 Å². The number of piperidine rings is 1. The van der Waals surface area contributed by atoms with Crippen molar-refractivity contribution in [3.8, 4) is 0 Å². The minimum absolute atomic E-state index is 0.0175. The van der Waals surface area contributed by atoms with Gasteiger partial charge in [-0.05, 0) is 44.9 Å². The van der Waals surface area contributed by atoms with E-state index in [4.69, 9.17) is 4.42 Å². The summed E-state index contributed by atoms with van der Waals surface area (Å²) in [5.41, 5.74) is 0. The monoisotopic (exact) mass is 329 g/mol. The Kier molecular flexibility index (Phi) is 3.88. The van der Waals surface area contributed by atoms with Gasteiger partial charge in [0.1, 0.15) is 18.4 Å². The molecule has 0 N–H and O–H groups in total. The highest BCUT2D eigenvalue weighted by molar-refractivity contribution is 5.91. The number of hydrogen-bond donors (Lipinski definition) is 0. The van der Waals surface area contributed by atoms with Crippen molar-refractivity contribution in [2.75, 3.05) is 20.1 Å². The Balaban J connectivity index is 1.42. The van der Waals surface area contributed by atoms with E-state index in [1.54, 1.807) is 18.7 Å². The predicted molar refractivity (Wildman–Crippen MR) is 87.4 cm³/mol. The van der Waals surface area contributed by atoms with Gasteiger partial charge in [0.05, 0.1) is 6.54 Å². The molecule has 2 aromatic rings. The van der Waals surface area contributed by atoms with Gasteiger partial charge in [-0.15, -0.1) is 0 Å². The van der Waals surface area contributed by atoms with Crippen molar-refractivity contribution in [3.05, 3.63) is 36.3 Å². The Labute approximate surface area is 141 Å². The second kappa shape index (κ2) is 6.05. The van der Waals surface area contributed by atoms with E-state index in [0.717, 1.165) is 38.2 Å². The maximum atomic E-state index is 12.6. The van der Waals surface area contributed by atoms with Gasteiger partial charge < -0.3 is 9.32 Å². The van der Waals surface area contributed by atoms with E-state index >= 15 is 0 Å². The summed E-state index contributed by atoms with van der Waals surface area (Å²) in [5.74, 6) is 1.76. The highest BCUT2D eigenvalue weighted by atomic mass is 16.3. The van der Waals surface area contributed by atoms with Gasteiger partial charge in [-0.3, -0.25) is 14.4 Å². The molecule has 2 aromatic heterocycles. The number of carbonyl (C=O) groups is 1. The molecular weight excluding hydrogens is 306 g/mol. The van der Waals surface area contributed by atoms with E-state index < -0.39 is 0 Å². The smallest absolute Gasteiger partial charge is 0.289 e. The zero-order valence-corrected chi connectivity index (χ0v) is 14.1. The van der Waals surface area contributed by atoms with Crippen LogP contribution >= 0.6 is 0 Å². The van der Waals surface area contributed by atoms with Crippen LogP contribution < -0.4 is 0 Å². The molecule has 3 atom stereocenters. The largest absolute Gasteiger partial charge is 0.456 e. The Morgan fingerprint density at radius 3 is 3.00 bits per heavy atom. The molecule has 2 fully saturated rings. The number of fused-ring (bicyclic) bond motifs is 1. The van der Waals surface area contributed by atoms with Crippen molar-refractivity contribution in [2.24, 2.45) is 5.92 Å². The number of likely N-dealkylation sites (N-methyl/N-ethyl adjacent to an activating group) is 1. The van der Waals surface area contributed by atoms with Crippen LogP contribution in [0.1, 0.15) is 29.2 Å². The number of nitrogens with zero attached hydrogens (tertiary/aromatic N) is 5. The summed E-state index contributed by atoms with van der Waals surface area (Å²) in [4.78, 5) is 21.1. The normalized spacial score (nSPS) is 27.4. The lowest BCUT2D eigenvalue weighted by Crippen LogP contribution is -2.47. The predicted octanol–water partition coefficient (Wildman–Crippen LogP) is 1.41. The van der Waals surface area contributed by atoms with Crippen LogP contribution in [-0.2, 0) is 6.54 Å². The van der Waals surface area contributed by atoms with Crippen molar-refractivity contribution in [1.29, 1.82) is 0 Å². The summed E-state index contributed by atoms with van der Waals surface area (Å²) >= 11 is 0. The maximum absolute atomic E-state index is 12.6. The summed E-state index contributed by atoms with van der Waals surface area (Å²) in [7, 11) is 2.19. The molecular formula is C17H23N5O2. The first-order valence-corrected chi connectivity index (χ1v) is 8.52. The van der Waals surface area contributed by atoms with E-state index in [2.05, 4.69) is 22.0 Å². The van der Waals surface area contributed by atoms with Crippen molar-refractivity contribution < 1.29 is 9.21 Å². The first kappa shape index (κ1) is 15.4. The molecule has 4 rings (SSSR count). The average molecular weight is 329 g/mol. The Hall–Kier alpha value is -2.15. The summed E-state index contributed by atoms with van der Waals surface area (Å²) in [6.45, 7) is 4.32. The number of aromatic nitrogens is 3. The van der Waals surface area contributed by atoms with E-state index in [0.29, 0.717) is 23.8 Å². The molecule has 0 radical (unpaired) electrons. The van der Waals surface area contributed by atoms with Crippen LogP contribution in [-0.4, -0.2) is 62.7 Å². The van der Waals surface area contributed by atoms with Crippen LogP contribution in [0.2, 0.25) is 0 Å². The number of carbonyl (C=O) groups excluding carboxylic acids is 1. The molecule has 2 aliphatic rings. The lowest BCUT2D eigenvalue weighted by Gasteiger charge is -2.37. The Morgan fingerprint density at radius 1 is 1.42 bits per heavy atom. The number of hydrogen-bond acceptors (Lipinski definition) is 5. The van der Waals surface area contributed by atoms with Crippen molar-refractivity contribution in [1.82, 2.24) is 24.6 Å². The van der Waals surface area contributed by atoms with Gasteiger partial charge in [0.25, 0.3) is 5.91 Å². The van der Waals surface area contributed by atoms with Crippen LogP contribution in [0, 0.1) is 12.8 Å². The molecule has 2 aliphatic heterocycles. The van der Waals surface area contributed by atoms with E-state index in [9.17, 15) is 4.79 Å². The van der Waals surface area contributed by atoms with Gasteiger partial charge in [-0.1, -0.05) is 0 Å². The number of likely N-dealkylation sites (tertiary alicyclic amines) is 2. The minimum atomic E-state index is 0.0175. The van der Waals surface area contributed by atoms with Gasteiger partial charge in [0.15, 0.2) is 5.76 Å². The zero-order valence-electron chi connectivity index (χ0n) is 14.1. The molecule has 128 valence electrons. The third-order valence-corrected chi connectivity index (χ3v) is 5.47. The molecule has 0 aromatic carbocycles. The molecule has 0 aliphatic carbocycles. The summed E-state index contributed by atoms with van der Waals surface area (Å²) in [5, 5.41) is 4.22. The highest BCUT2D eigenvalue weighted by Gasteiger charge is 2.43. The standard InChI is InChI=1S/C17H23N5O2/c1-12-3-4-16(24-12)17(23)21-6-5-15-13(8-21)7-14(20(15)2)9-22-11-18-10-19-22/h3-4,10-11,13-15H,5-9H2,1-2H3/t13-,14+,15+/m1/s1. The lowest BCUT2D eigenvalue weighted by atomic mass is 9.92. The quantitative estimate of drug-likeness (QED) is 0.852. The second-order valence-corrected chi connectivity index (χ2v) is 6.95. The van der Waals surface area contributed by atoms with Gasteiger partial charge in [-0.25, -0.2) is 4.98 Å². The minimum Gasteiger partial charge on any atom is -0.456 e. The number of amides is 1. The molecule has 4 heterocycles. The summed E-state index contributed by atoms with van der Waals surface area (Å²) in [6.07, 6.45) is 5.45. The van der Waals surface area contributed by atoms with Gasteiger partial charge in [-0.2, -0.15) is 5.10 Å². The number of aryl methyl sites for hydroxylation is 1. The molecule has 24 heavy (non-hydrogen) atoms. The number of furan rings is 1. The molecule has 0 bridgehead atoms. The van der Waals surface area contributed by atoms with Crippen LogP contribution in [0.25, 0.3) is 0 Å². The molecule has 0 saturated carbocycles. The van der Waals surface area contributed by atoms with Gasteiger partial charge in [0.2, 0.25) is 0 Å². The highest BCUT2D eigenvalue weighted by Crippen LogP contribution is 2.35. The fourth-order valence-corrected chi connectivity index (χ4v) is 4.21. The first-order valence-electron chi connectivity index (χ1n) is 8.52. The third kappa shape index (κ3) is 2.73. The van der Waals surface area contributed by atoms with Crippen LogP contribution in [0.4, 0.5) is 0 Å². The first-order chi connectivity index (χ1) is 11.6. The molecule has 7 heteroatoms. The van der Waals surface area contributed by atoms with Crippen LogP contribution in [0.5, 0.6) is 0 Å². The number of rotatable bonds is 3. The topological polar surface area (TPSA) is 67.4 Å². The fraction of sp³-hybridized carbons (Fsp3) is 0.588. The van der Waals surface area contributed by atoms with Crippen molar-refractivity contribution in [2.45, 2.75) is 38.4 Å². The molecule has 2 saturated heterocycles. The zero-order chi connectivity index (χ0) is 16.7. The molecule has 0 unspecified atom stereocenters. The SMILES string of the molecule is Cc1ccc(C(=O)N2CC[C@H]3[C@H](C[C@@H](Cn4cncn4)N3C)C2)o1. The summed E-state index contributed by atoms with van der Waals surface area (Å²) in [6, 6.07) is 4.61. The van der Waals surface area contributed by atoms with Gasteiger partial charge in [0, 0.05) is 25.2 Å². The molecule has 0 spiro atoms. The van der Waals surface area contributed by atoms with E-state index in [-0.39, 0.29) is 5.91 Å². The molecule has 1 amide bonds.